The maximum Gasteiger partial charge on any atom is 0.229 e. The number of H-pyrrole nitrogens is 1. The lowest BCUT2D eigenvalue weighted by Crippen LogP contribution is -2.53. The van der Waals surface area contributed by atoms with E-state index in [4.69, 9.17) is 0 Å². The van der Waals surface area contributed by atoms with Gasteiger partial charge in [0.2, 0.25) is 11.8 Å². The summed E-state index contributed by atoms with van der Waals surface area (Å²) in [5.41, 5.74) is 2.27. The van der Waals surface area contributed by atoms with E-state index in [1.54, 1.807) is 19.2 Å². The summed E-state index contributed by atoms with van der Waals surface area (Å²) in [5.74, 6) is -0.125. The number of piperidine rings is 2. The second-order valence-corrected chi connectivity index (χ2v) is 9.07. The molecule has 1 aromatic heterocycles. The number of benzene rings is 1. The van der Waals surface area contributed by atoms with Gasteiger partial charge in [0.15, 0.2) is 0 Å². The number of nitrogens with one attached hydrogen (secondary N) is 1. The summed E-state index contributed by atoms with van der Waals surface area (Å²) in [6.07, 6.45) is 6.43. The topological polar surface area (TPSA) is 69.3 Å². The summed E-state index contributed by atoms with van der Waals surface area (Å²) in [6, 6.07) is 6.53. The number of aryl methyl sites for hydroxylation is 1. The third kappa shape index (κ3) is 4.36. The normalized spacial score (nSPS) is 21.2. The quantitative estimate of drug-likeness (QED) is 0.809. The van der Waals surface area contributed by atoms with Gasteiger partial charge in [-0.15, -0.1) is 0 Å². The van der Waals surface area contributed by atoms with Gasteiger partial charge < -0.3 is 9.80 Å². The molecular formula is C24H31FN4O2. The Morgan fingerprint density at radius 1 is 1.23 bits per heavy atom. The highest BCUT2D eigenvalue weighted by Gasteiger charge is 2.46. The fraction of sp³-hybridized carbons (Fsp3) is 0.542. The molecule has 1 atom stereocenters. The Balaban J connectivity index is 1.66. The third-order valence-corrected chi connectivity index (χ3v) is 7.02. The van der Waals surface area contributed by atoms with Crippen LogP contribution in [0.4, 0.5) is 4.39 Å². The van der Waals surface area contributed by atoms with Crippen molar-refractivity contribution in [2.75, 3.05) is 19.6 Å². The zero-order chi connectivity index (χ0) is 22.0. The minimum Gasteiger partial charge on any atom is -0.343 e. The molecule has 0 spiro atoms. The zero-order valence-corrected chi connectivity index (χ0v) is 18.4. The number of carbonyl (C=O) groups excluding carboxylic acids is 2. The fourth-order valence-electron chi connectivity index (χ4n) is 5.23. The van der Waals surface area contributed by atoms with Gasteiger partial charge in [-0.2, -0.15) is 5.10 Å². The molecule has 166 valence electrons. The van der Waals surface area contributed by atoms with Crippen LogP contribution in [0, 0.1) is 18.2 Å². The minimum atomic E-state index is -0.636. The molecule has 0 aliphatic carbocycles. The maximum atomic E-state index is 14.2. The van der Waals surface area contributed by atoms with Crippen LogP contribution in [0.2, 0.25) is 0 Å². The number of amides is 2. The van der Waals surface area contributed by atoms with Crippen LogP contribution in [-0.2, 0) is 16.0 Å². The molecule has 4 rings (SSSR count). The van der Waals surface area contributed by atoms with Crippen molar-refractivity contribution in [3.05, 3.63) is 53.1 Å². The van der Waals surface area contributed by atoms with Crippen LogP contribution in [0.25, 0.3) is 0 Å². The molecule has 2 aromatic rings. The molecule has 2 saturated heterocycles. The molecule has 3 heterocycles. The summed E-state index contributed by atoms with van der Waals surface area (Å²) in [7, 11) is 0. The van der Waals surface area contributed by atoms with Gasteiger partial charge in [0.05, 0.1) is 23.3 Å². The van der Waals surface area contributed by atoms with E-state index in [2.05, 4.69) is 10.2 Å². The Kier molecular flexibility index (Phi) is 6.12. The Bertz CT molecular complexity index is 949. The molecule has 2 fully saturated rings. The molecule has 0 saturated carbocycles. The highest BCUT2D eigenvalue weighted by Crippen LogP contribution is 2.41. The Labute approximate surface area is 182 Å². The van der Waals surface area contributed by atoms with E-state index in [1.807, 2.05) is 22.8 Å². The Hall–Kier alpha value is -2.70. The maximum absolute atomic E-state index is 14.2. The first-order chi connectivity index (χ1) is 14.9. The molecule has 0 unspecified atom stereocenters. The van der Waals surface area contributed by atoms with E-state index in [1.165, 1.54) is 12.1 Å². The Morgan fingerprint density at radius 3 is 2.65 bits per heavy atom. The first-order valence-electron chi connectivity index (χ1n) is 11.2. The van der Waals surface area contributed by atoms with Gasteiger partial charge in [-0.05, 0) is 68.7 Å². The van der Waals surface area contributed by atoms with Crippen LogP contribution < -0.4 is 0 Å². The van der Waals surface area contributed by atoms with Crippen molar-refractivity contribution in [2.45, 2.75) is 58.4 Å². The van der Waals surface area contributed by atoms with Crippen LogP contribution >= 0.6 is 0 Å². The summed E-state index contributed by atoms with van der Waals surface area (Å²) >= 11 is 0. The van der Waals surface area contributed by atoms with Crippen molar-refractivity contribution >= 4 is 11.8 Å². The summed E-state index contributed by atoms with van der Waals surface area (Å²) in [4.78, 5) is 29.9. The van der Waals surface area contributed by atoms with Crippen LogP contribution in [0.3, 0.4) is 0 Å². The first kappa shape index (κ1) is 21.5. The molecule has 2 aliphatic heterocycles. The smallest absolute Gasteiger partial charge is 0.229 e. The van der Waals surface area contributed by atoms with Crippen LogP contribution in [0.1, 0.15) is 61.9 Å². The standard InChI is InChI=1S/C24H31FN4O2/c1-17-16-26-27-22(17)21-8-3-4-11-29(21)23(31)24(9-12-28(13-10-24)18(2)30)15-19-6-5-7-20(25)14-19/h5-7,14,16,21H,3-4,8-13,15H2,1-2H3,(H,26,27)/t21-/m0/s1. The molecule has 1 N–H and O–H groups in total. The van der Waals surface area contributed by atoms with E-state index in [0.29, 0.717) is 38.9 Å². The van der Waals surface area contributed by atoms with Crippen molar-refractivity contribution in [1.29, 1.82) is 0 Å². The molecule has 2 aliphatic rings. The summed E-state index contributed by atoms with van der Waals surface area (Å²) in [5, 5.41) is 7.29. The molecular weight excluding hydrogens is 395 g/mol. The Morgan fingerprint density at radius 2 is 2.00 bits per heavy atom. The molecule has 1 aromatic carbocycles. The minimum absolute atomic E-state index is 0.0148. The number of hydrogen-bond acceptors (Lipinski definition) is 3. The highest BCUT2D eigenvalue weighted by atomic mass is 19.1. The molecule has 7 heteroatoms. The monoisotopic (exact) mass is 426 g/mol. The van der Waals surface area contributed by atoms with Crippen LogP contribution in [0.15, 0.2) is 30.5 Å². The lowest BCUT2D eigenvalue weighted by atomic mass is 9.72. The van der Waals surface area contributed by atoms with Crippen molar-refractivity contribution in [2.24, 2.45) is 5.41 Å². The highest BCUT2D eigenvalue weighted by molar-refractivity contribution is 5.84. The van der Waals surface area contributed by atoms with Crippen LogP contribution in [0.5, 0.6) is 0 Å². The van der Waals surface area contributed by atoms with Crippen molar-refractivity contribution in [3.8, 4) is 0 Å². The van der Waals surface area contributed by atoms with E-state index < -0.39 is 5.41 Å². The number of carbonyl (C=O) groups is 2. The number of rotatable bonds is 4. The van der Waals surface area contributed by atoms with Gasteiger partial charge in [0.1, 0.15) is 5.82 Å². The van der Waals surface area contributed by atoms with E-state index in [9.17, 15) is 14.0 Å². The first-order valence-corrected chi connectivity index (χ1v) is 11.2. The number of aromatic amines is 1. The van der Waals surface area contributed by atoms with Gasteiger partial charge in [-0.1, -0.05) is 12.1 Å². The third-order valence-electron chi connectivity index (χ3n) is 7.02. The number of aromatic nitrogens is 2. The number of hydrogen-bond donors (Lipinski definition) is 1. The van der Waals surface area contributed by atoms with E-state index in [0.717, 1.165) is 36.1 Å². The molecule has 0 radical (unpaired) electrons. The molecule has 31 heavy (non-hydrogen) atoms. The largest absolute Gasteiger partial charge is 0.343 e. The van der Waals surface area contributed by atoms with Crippen molar-refractivity contribution in [3.63, 3.8) is 0 Å². The molecule has 0 bridgehead atoms. The van der Waals surface area contributed by atoms with E-state index >= 15 is 0 Å². The van der Waals surface area contributed by atoms with E-state index in [-0.39, 0.29) is 23.7 Å². The lowest BCUT2D eigenvalue weighted by molar-refractivity contribution is -0.151. The fourth-order valence-corrected chi connectivity index (χ4v) is 5.23. The number of likely N-dealkylation sites (tertiary alicyclic amines) is 2. The lowest BCUT2D eigenvalue weighted by Gasteiger charge is -2.46. The van der Waals surface area contributed by atoms with Crippen molar-refractivity contribution < 1.29 is 14.0 Å². The average molecular weight is 427 g/mol. The summed E-state index contributed by atoms with van der Waals surface area (Å²) < 4.78 is 13.9. The van der Waals surface area contributed by atoms with Gasteiger partial charge in [-0.25, -0.2) is 4.39 Å². The predicted molar refractivity (Wildman–Crippen MR) is 116 cm³/mol. The van der Waals surface area contributed by atoms with Crippen LogP contribution in [-0.4, -0.2) is 51.4 Å². The van der Waals surface area contributed by atoms with Gasteiger partial charge in [0.25, 0.3) is 0 Å². The molecule has 6 nitrogen and oxygen atoms in total. The number of halogens is 1. The van der Waals surface area contributed by atoms with Crippen molar-refractivity contribution in [1.82, 2.24) is 20.0 Å². The second-order valence-electron chi connectivity index (χ2n) is 9.07. The average Bonchev–Trinajstić information content (AvgIpc) is 3.19. The predicted octanol–water partition coefficient (Wildman–Crippen LogP) is 3.78. The summed E-state index contributed by atoms with van der Waals surface area (Å²) in [6.45, 7) is 5.41. The number of nitrogens with zero attached hydrogens (tertiary/aromatic N) is 3. The SMILES string of the molecule is CC(=O)N1CCC(Cc2cccc(F)c2)(C(=O)N2CCCC[C@H]2c2[nH]ncc2C)CC1. The zero-order valence-electron chi connectivity index (χ0n) is 18.4. The molecule has 2 amide bonds. The second kappa shape index (κ2) is 8.81. The van der Waals surface area contributed by atoms with Gasteiger partial charge in [0, 0.05) is 26.6 Å². The van der Waals surface area contributed by atoms with Gasteiger partial charge >= 0.3 is 0 Å². The van der Waals surface area contributed by atoms with Gasteiger partial charge in [-0.3, -0.25) is 14.7 Å².